The Hall–Kier alpha value is -2.64. The van der Waals surface area contributed by atoms with Gasteiger partial charge >= 0.3 is 6.03 Å². The predicted molar refractivity (Wildman–Crippen MR) is 99.6 cm³/mol. The zero-order valence-electron chi connectivity index (χ0n) is 13.7. The van der Waals surface area contributed by atoms with E-state index in [1.807, 2.05) is 6.07 Å². The summed E-state index contributed by atoms with van der Waals surface area (Å²) in [6.45, 7) is 0.774. The Bertz CT molecular complexity index is 885. The third-order valence-electron chi connectivity index (χ3n) is 3.53. The normalized spacial score (nSPS) is 10.5. The number of carbonyl (C=O) groups is 1. The van der Waals surface area contributed by atoms with E-state index in [2.05, 4.69) is 25.6 Å². The average Bonchev–Trinajstić information content (AvgIpc) is 3.18. The number of imidazole rings is 1. The molecule has 2 amide bonds. The minimum atomic E-state index is -0.276. The quantitative estimate of drug-likeness (QED) is 0.677. The fourth-order valence-corrected chi connectivity index (χ4v) is 2.55. The number of nitrogens with zero attached hydrogens (tertiary/aromatic N) is 4. The number of hydrogen-bond acceptors (Lipinski definition) is 4. The first kappa shape index (κ1) is 18.2. The molecule has 0 saturated carbocycles. The molecular formula is C17H16Cl2N6O. The van der Waals surface area contributed by atoms with Gasteiger partial charge < -0.3 is 10.6 Å². The van der Waals surface area contributed by atoms with Gasteiger partial charge in [0.05, 0.1) is 10.0 Å². The van der Waals surface area contributed by atoms with Crippen molar-refractivity contribution >= 4 is 29.2 Å². The standard InChI is InChI=1S/C17H16Cl2N6O/c18-13-2-1-12(9-14(13)19)10-23-17(26)22-5-3-15-21-6-4-16(24-15)25-8-7-20-11-25/h1-2,4,6-9,11H,3,5,10H2,(H2,22,23,26). The van der Waals surface area contributed by atoms with Crippen molar-refractivity contribution < 1.29 is 4.79 Å². The number of amides is 2. The lowest BCUT2D eigenvalue weighted by molar-refractivity contribution is 0.240. The van der Waals surface area contributed by atoms with E-state index in [0.717, 1.165) is 11.4 Å². The average molecular weight is 391 g/mol. The molecule has 0 aliphatic carbocycles. The Kier molecular flexibility index (Phi) is 6.04. The van der Waals surface area contributed by atoms with Gasteiger partial charge in [0.2, 0.25) is 0 Å². The van der Waals surface area contributed by atoms with Gasteiger partial charge in [0, 0.05) is 38.1 Å². The maximum Gasteiger partial charge on any atom is 0.315 e. The first-order valence-electron chi connectivity index (χ1n) is 7.88. The molecule has 0 radical (unpaired) electrons. The van der Waals surface area contributed by atoms with Crippen molar-refractivity contribution in [1.29, 1.82) is 0 Å². The summed E-state index contributed by atoms with van der Waals surface area (Å²) in [7, 11) is 0. The molecule has 26 heavy (non-hydrogen) atoms. The van der Waals surface area contributed by atoms with Crippen molar-refractivity contribution in [2.24, 2.45) is 0 Å². The van der Waals surface area contributed by atoms with Crippen molar-refractivity contribution in [2.45, 2.75) is 13.0 Å². The number of benzene rings is 1. The van der Waals surface area contributed by atoms with E-state index in [4.69, 9.17) is 23.2 Å². The second-order valence-electron chi connectivity index (χ2n) is 5.41. The summed E-state index contributed by atoms with van der Waals surface area (Å²) < 4.78 is 1.79. The first-order chi connectivity index (χ1) is 12.6. The number of hydrogen-bond donors (Lipinski definition) is 2. The molecule has 0 aliphatic heterocycles. The van der Waals surface area contributed by atoms with E-state index in [0.29, 0.717) is 35.4 Å². The maximum atomic E-state index is 11.9. The highest BCUT2D eigenvalue weighted by atomic mass is 35.5. The highest BCUT2D eigenvalue weighted by Crippen LogP contribution is 2.22. The summed E-state index contributed by atoms with van der Waals surface area (Å²) in [6.07, 6.45) is 7.36. The topological polar surface area (TPSA) is 84.7 Å². The predicted octanol–water partition coefficient (Wildman–Crippen LogP) is 3.01. The van der Waals surface area contributed by atoms with Crippen LogP contribution in [0.25, 0.3) is 5.82 Å². The second-order valence-corrected chi connectivity index (χ2v) is 6.22. The number of halogens is 2. The minimum Gasteiger partial charge on any atom is -0.338 e. The van der Waals surface area contributed by atoms with Gasteiger partial charge in [-0.2, -0.15) is 0 Å². The Morgan fingerprint density at radius 1 is 1.12 bits per heavy atom. The molecule has 0 bridgehead atoms. The molecule has 0 unspecified atom stereocenters. The molecule has 7 nitrogen and oxygen atoms in total. The molecule has 2 N–H and O–H groups in total. The lowest BCUT2D eigenvalue weighted by Crippen LogP contribution is -2.36. The van der Waals surface area contributed by atoms with E-state index in [1.54, 1.807) is 47.7 Å². The summed E-state index contributed by atoms with van der Waals surface area (Å²) in [5.74, 6) is 1.37. The monoisotopic (exact) mass is 390 g/mol. The van der Waals surface area contributed by atoms with E-state index >= 15 is 0 Å². The number of carbonyl (C=O) groups excluding carboxylic acids is 1. The second kappa shape index (κ2) is 8.64. The molecule has 2 heterocycles. The van der Waals surface area contributed by atoms with Crippen molar-refractivity contribution in [3.05, 3.63) is 70.6 Å². The Morgan fingerprint density at radius 3 is 2.77 bits per heavy atom. The summed E-state index contributed by atoms with van der Waals surface area (Å²) in [4.78, 5) is 24.5. The van der Waals surface area contributed by atoms with Gasteiger partial charge in [-0.25, -0.2) is 19.7 Å². The number of nitrogens with one attached hydrogen (secondary N) is 2. The van der Waals surface area contributed by atoms with Crippen LogP contribution in [0.2, 0.25) is 10.0 Å². The van der Waals surface area contributed by atoms with E-state index in [-0.39, 0.29) is 6.03 Å². The fourth-order valence-electron chi connectivity index (χ4n) is 2.23. The van der Waals surface area contributed by atoms with Gasteiger partial charge in [-0.3, -0.25) is 4.57 Å². The van der Waals surface area contributed by atoms with Crippen LogP contribution in [0.5, 0.6) is 0 Å². The SMILES string of the molecule is O=C(NCCc1nccc(-n2ccnc2)n1)NCc1ccc(Cl)c(Cl)c1. The van der Waals surface area contributed by atoms with Crippen LogP contribution in [0.3, 0.4) is 0 Å². The van der Waals surface area contributed by atoms with Crippen molar-refractivity contribution in [2.75, 3.05) is 6.54 Å². The zero-order chi connectivity index (χ0) is 18.4. The Morgan fingerprint density at radius 2 is 2.00 bits per heavy atom. The fraction of sp³-hybridized carbons (Fsp3) is 0.176. The lowest BCUT2D eigenvalue weighted by Gasteiger charge is -2.08. The molecule has 3 rings (SSSR count). The zero-order valence-corrected chi connectivity index (χ0v) is 15.2. The first-order valence-corrected chi connectivity index (χ1v) is 8.63. The molecule has 2 aromatic heterocycles. The van der Waals surface area contributed by atoms with Gasteiger partial charge in [0.15, 0.2) is 0 Å². The van der Waals surface area contributed by atoms with Crippen LogP contribution in [0.4, 0.5) is 4.79 Å². The Labute approximate surface area is 160 Å². The molecule has 134 valence electrons. The van der Waals surface area contributed by atoms with Gasteiger partial charge in [0.1, 0.15) is 18.0 Å². The van der Waals surface area contributed by atoms with Gasteiger partial charge in [-0.15, -0.1) is 0 Å². The number of urea groups is 1. The highest BCUT2D eigenvalue weighted by Gasteiger charge is 2.05. The third kappa shape index (κ3) is 4.93. The molecular weight excluding hydrogens is 375 g/mol. The van der Waals surface area contributed by atoms with Crippen LogP contribution >= 0.6 is 23.2 Å². The molecule has 3 aromatic rings. The van der Waals surface area contributed by atoms with Gasteiger partial charge in [-0.1, -0.05) is 29.3 Å². The summed E-state index contributed by atoms with van der Waals surface area (Å²) in [6, 6.07) is 6.75. The number of aromatic nitrogens is 4. The highest BCUT2D eigenvalue weighted by molar-refractivity contribution is 6.42. The smallest absolute Gasteiger partial charge is 0.315 e. The summed E-state index contributed by atoms with van der Waals surface area (Å²) in [5, 5.41) is 6.48. The molecule has 0 aliphatic rings. The maximum absolute atomic E-state index is 11.9. The number of rotatable bonds is 6. The van der Waals surface area contributed by atoms with Crippen molar-refractivity contribution in [3.8, 4) is 5.82 Å². The van der Waals surface area contributed by atoms with Crippen LogP contribution in [0.1, 0.15) is 11.4 Å². The summed E-state index contributed by atoms with van der Waals surface area (Å²) >= 11 is 11.8. The molecule has 0 spiro atoms. The lowest BCUT2D eigenvalue weighted by atomic mass is 10.2. The Balaban J connectivity index is 1.45. The van der Waals surface area contributed by atoms with Crippen LogP contribution in [-0.4, -0.2) is 32.1 Å². The summed E-state index contributed by atoms with van der Waals surface area (Å²) in [5.41, 5.74) is 0.867. The molecule has 1 aromatic carbocycles. The molecule has 9 heteroatoms. The third-order valence-corrected chi connectivity index (χ3v) is 4.27. The van der Waals surface area contributed by atoms with Crippen molar-refractivity contribution in [3.63, 3.8) is 0 Å². The van der Waals surface area contributed by atoms with Crippen LogP contribution in [0, 0.1) is 0 Å². The van der Waals surface area contributed by atoms with E-state index in [1.165, 1.54) is 0 Å². The molecule has 0 atom stereocenters. The molecule has 0 saturated heterocycles. The largest absolute Gasteiger partial charge is 0.338 e. The van der Waals surface area contributed by atoms with Crippen molar-refractivity contribution in [1.82, 2.24) is 30.2 Å². The van der Waals surface area contributed by atoms with Crippen LogP contribution < -0.4 is 10.6 Å². The van der Waals surface area contributed by atoms with Crippen LogP contribution in [0.15, 0.2) is 49.2 Å². The van der Waals surface area contributed by atoms with Crippen LogP contribution in [-0.2, 0) is 13.0 Å². The van der Waals surface area contributed by atoms with Gasteiger partial charge in [-0.05, 0) is 23.8 Å². The molecule has 0 fully saturated rings. The van der Waals surface area contributed by atoms with E-state index in [9.17, 15) is 4.79 Å². The minimum absolute atomic E-state index is 0.276. The van der Waals surface area contributed by atoms with Gasteiger partial charge in [0.25, 0.3) is 0 Å². The van der Waals surface area contributed by atoms with E-state index < -0.39 is 0 Å².